The Hall–Kier alpha value is -2.34. The van der Waals surface area contributed by atoms with Crippen LogP contribution in [-0.4, -0.2) is 25.0 Å². The van der Waals surface area contributed by atoms with Crippen LogP contribution in [-0.2, 0) is 15.0 Å². The number of carbonyl (C=O) groups is 2. The number of para-hydroxylation sites is 2. The molecule has 0 radical (unpaired) electrons. The Balaban J connectivity index is 1.63. The first-order valence-corrected chi connectivity index (χ1v) is 10.4. The predicted octanol–water partition coefficient (Wildman–Crippen LogP) is 4.10. The third kappa shape index (κ3) is 4.69. The highest BCUT2D eigenvalue weighted by Crippen LogP contribution is 2.41. The second kappa shape index (κ2) is 9.04. The first-order chi connectivity index (χ1) is 13.1. The maximum absolute atomic E-state index is 12.4. The molecule has 3 rings (SSSR count). The van der Waals surface area contributed by atoms with Crippen LogP contribution in [0.4, 0.5) is 5.69 Å². The Morgan fingerprint density at radius 2 is 1.85 bits per heavy atom. The fourth-order valence-corrected chi connectivity index (χ4v) is 4.67. The first-order valence-electron chi connectivity index (χ1n) is 9.49. The minimum absolute atomic E-state index is 0.0500. The summed E-state index contributed by atoms with van der Waals surface area (Å²) in [6, 6.07) is 11.3. The van der Waals surface area contributed by atoms with E-state index < -0.39 is 11.8 Å². The van der Waals surface area contributed by atoms with Gasteiger partial charge in [0, 0.05) is 16.8 Å². The number of benzene rings is 1. The fourth-order valence-electron chi connectivity index (χ4n) is 3.68. The number of rotatable bonds is 6. The number of thiophene rings is 1. The molecular weight excluding hydrogens is 360 g/mol. The Bertz CT molecular complexity index is 767. The van der Waals surface area contributed by atoms with Crippen LogP contribution in [0.3, 0.4) is 0 Å². The Kier molecular flexibility index (Phi) is 6.50. The predicted molar refractivity (Wildman–Crippen MR) is 108 cm³/mol. The van der Waals surface area contributed by atoms with E-state index in [0.29, 0.717) is 24.6 Å². The van der Waals surface area contributed by atoms with Crippen molar-refractivity contribution in [3.63, 3.8) is 0 Å². The molecule has 1 fully saturated rings. The number of hydrogen-bond acceptors (Lipinski definition) is 4. The van der Waals surface area contributed by atoms with Crippen LogP contribution in [0, 0.1) is 0 Å². The second-order valence-corrected chi connectivity index (χ2v) is 7.83. The number of ether oxygens (including phenoxy) is 1. The van der Waals surface area contributed by atoms with Crippen molar-refractivity contribution in [2.24, 2.45) is 0 Å². The number of anilines is 1. The van der Waals surface area contributed by atoms with Gasteiger partial charge in [-0.2, -0.15) is 0 Å². The van der Waals surface area contributed by atoms with E-state index in [4.69, 9.17) is 4.74 Å². The van der Waals surface area contributed by atoms with Crippen LogP contribution in [0.2, 0.25) is 0 Å². The molecule has 0 spiro atoms. The van der Waals surface area contributed by atoms with Gasteiger partial charge in [0.15, 0.2) is 0 Å². The number of nitrogens with one attached hydrogen (secondary N) is 2. The van der Waals surface area contributed by atoms with Gasteiger partial charge < -0.3 is 15.4 Å². The Morgan fingerprint density at radius 1 is 1.07 bits per heavy atom. The molecule has 144 valence electrons. The lowest BCUT2D eigenvalue weighted by Crippen LogP contribution is -2.45. The maximum atomic E-state index is 12.4. The van der Waals surface area contributed by atoms with Gasteiger partial charge in [-0.1, -0.05) is 37.5 Å². The highest BCUT2D eigenvalue weighted by molar-refractivity contribution is 7.10. The lowest BCUT2D eigenvalue weighted by molar-refractivity contribution is -0.136. The lowest BCUT2D eigenvalue weighted by Gasteiger charge is -2.36. The van der Waals surface area contributed by atoms with Crippen LogP contribution < -0.4 is 15.4 Å². The van der Waals surface area contributed by atoms with Crippen LogP contribution in [0.5, 0.6) is 5.75 Å². The molecule has 0 atom stereocenters. The minimum atomic E-state index is -0.667. The summed E-state index contributed by atoms with van der Waals surface area (Å²) >= 11 is 1.73. The van der Waals surface area contributed by atoms with Gasteiger partial charge in [0.1, 0.15) is 5.75 Å². The smallest absolute Gasteiger partial charge is 0.313 e. The van der Waals surface area contributed by atoms with Gasteiger partial charge in [0.2, 0.25) is 0 Å². The average molecular weight is 387 g/mol. The zero-order valence-corrected chi connectivity index (χ0v) is 16.4. The molecule has 2 N–H and O–H groups in total. The third-order valence-corrected chi connectivity index (χ3v) is 6.20. The van der Waals surface area contributed by atoms with Gasteiger partial charge in [-0.05, 0) is 43.3 Å². The summed E-state index contributed by atoms with van der Waals surface area (Å²) in [4.78, 5) is 26.1. The van der Waals surface area contributed by atoms with Gasteiger partial charge >= 0.3 is 11.8 Å². The zero-order chi connectivity index (χ0) is 19.1. The molecule has 1 aromatic heterocycles. The van der Waals surface area contributed by atoms with E-state index in [1.165, 1.54) is 11.3 Å². The summed E-state index contributed by atoms with van der Waals surface area (Å²) in [5.74, 6) is -0.717. The molecule has 0 bridgehead atoms. The molecule has 2 amide bonds. The summed E-state index contributed by atoms with van der Waals surface area (Å²) in [5.41, 5.74) is 0.455. The van der Waals surface area contributed by atoms with Crippen molar-refractivity contribution >= 4 is 28.8 Å². The van der Waals surface area contributed by atoms with Crippen molar-refractivity contribution in [1.82, 2.24) is 5.32 Å². The zero-order valence-electron chi connectivity index (χ0n) is 15.6. The van der Waals surface area contributed by atoms with E-state index in [-0.39, 0.29) is 5.41 Å². The molecule has 1 saturated carbocycles. The van der Waals surface area contributed by atoms with Crippen molar-refractivity contribution < 1.29 is 14.3 Å². The average Bonchev–Trinajstić information content (AvgIpc) is 3.24. The molecule has 1 heterocycles. The van der Waals surface area contributed by atoms with Crippen molar-refractivity contribution in [3.8, 4) is 5.75 Å². The molecule has 6 heteroatoms. The van der Waals surface area contributed by atoms with Gasteiger partial charge in [0.05, 0.1) is 12.3 Å². The Labute approximate surface area is 164 Å². The number of hydrogen-bond donors (Lipinski definition) is 2. The molecule has 0 unspecified atom stereocenters. The molecule has 0 saturated heterocycles. The molecule has 1 aliphatic carbocycles. The van der Waals surface area contributed by atoms with Gasteiger partial charge in [-0.25, -0.2) is 0 Å². The highest BCUT2D eigenvalue weighted by Gasteiger charge is 2.35. The summed E-state index contributed by atoms with van der Waals surface area (Å²) in [6.07, 6.45) is 5.63. The summed E-state index contributed by atoms with van der Waals surface area (Å²) in [7, 11) is 0. The molecule has 5 nitrogen and oxygen atoms in total. The van der Waals surface area contributed by atoms with Gasteiger partial charge in [0.25, 0.3) is 0 Å². The van der Waals surface area contributed by atoms with E-state index in [0.717, 1.165) is 25.7 Å². The van der Waals surface area contributed by atoms with Crippen molar-refractivity contribution in [2.45, 2.75) is 44.4 Å². The SMILES string of the molecule is CCOc1ccccc1NC(=O)C(=O)NCC1(c2cccs2)CCCCC1. The second-order valence-electron chi connectivity index (χ2n) is 6.88. The summed E-state index contributed by atoms with van der Waals surface area (Å²) < 4.78 is 5.49. The Morgan fingerprint density at radius 3 is 2.56 bits per heavy atom. The van der Waals surface area contributed by atoms with Crippen molar-refractivity contribution in [1.29, 1.82) is 0 Å². The van der Waals surface area contributed by atoms with Crippen molar-refractivity contribution in [3.05, 3.63) is 46.7 Å². The number of amides is 2. The standard InChI is InChI=1S/C21H26N2O3S/c1-2-26-17-10-5-4-9-16(17)23-20(25)19(24)22-15-21(12-6-3-7-13-21)18-11-8-14-27-18/h4-5,8-11,14H,2-3,6-7,12-13,15H2,1H3,(H,22,24)(H,23,25). The highest BCUT2D eigenvalue weighted by atomic mass is 32.1. The van der Waals surface area contributed by atoms with E-state index in [2.05, 4.69) is 28.1 Å². The maximum Gasteiger partial charge on any atom is 0.313 e. The largest absolute Gasteiger partial charge is 0.492 e. The molecule has 0 aliphatic heterocycles. The van der Waals surface area contributed by atoms with E-state index in [1.54, 1.807) is 29.5 Å². The van der Waals surface area contributed by atoms with Gasteiger partial charge in [-0.15, -0.1) is 11.3 Å². The third-order valence-electron chi connectivity index (χ3n) is 5.08. The van der Waals surface area contributed by atoms with Crippen LogP contribution in [0.25, 0.3) is 0 Å². The fraction of sp³-hybridized carbons (Fsp3) is 0.429. The molecule has 1 aliphatic rings. The normalized spacial score (nSPS) is 15.7. The topological polar surface area (TPSA) is 67.4 Å². The molecule has 2 aromatic rings. The number of carbonyl (C=O) groups excluding carboxylic acids is 2. The van der Waals surface area contributed by atoms with Crippen LogP contribution >= 0.6 is 11.3 Å². The van der Waals surface area contributed by atoms with E-state index in [9.17, 15) is 9.59 Å². The quantitative estimate of drug-likeness (QED) is 0.735. The molecular formula is C21H26N2O3S. The first kappa shape index (κ1) is 19.4. The summed E-state index contributed by atoms with van der Waals surface area (Å²) in [5, 5.41) is 7.60. The van der Waals surface area contributed by atoms with Crippen LogP contribution in [0.15, 0.2) is 41.8 Å². The molecule has 27 heavy (non-hydrogen) atoms. The van der Waals surface area contributed by atoms with E-state index >= 15 is 0 Å². The monoisotopic (exact) mass is 386 g/mol. The van der Waals surface area contributed by atoms with Crippen LogP contribution in [0.1, 0.15) is 43.9 Å². The van der Waals surface area contributed by atoms with E-state index in [1.807, 2.05) is 13.0 Å². The molecule has 1 aromatic carbocycles. The summed E-state index contributed by atoms with van der Waals surface area (Å²) in [6.45, 7) is 2.86. The van der Waals surface area contributed by atoms with Crippen molar-refractivity contribution in [2.75, 3.05) is 18.5 Å². The minimum Gasteiger partial charge on any atom is -0.492 e. The lowest BCUT2D eigenvalue weighted by atomic mass is 9.73. The van der Waals surface area contributed by atoms with Gasteiger partial charge in [-0.3, -0.25) is 9.59 Å².